The average molecular weight is 334 g/mol. The molecule has 1 unspecified atom stereocenters. The van der Waals surface area contributed by atoms with Crippen molar-refractivity contribution in [1.29, 1.82) is 0 Å². The molecule has 1 aliphatic rings. The van der Waals surface area contributed by atoms with Crippen molar-refractivity contribution >= 4 is 22.9 Å². The van der Waals surface area contributed by atoms with Crippen LogP contribution in [0.25, 0.3) is 17.0 Å². The van der Waals surface area contributed by atoms with Crippen LogP contribution >= 0.6 is 0 Å². The third-order valence-corrected chi connectivity index (χ3v) is 4.28. The SMILES string of the molecule is O=C(/C=C/c1ccco1)N1CCC(Oc2cccc3cccnc23)C1. The second-order valence-electron chi connectivity index (χ2n) is 5.99. The molecule has 1 amide bonds. The summed E-state index contributed by atoms with van der Waals surface area (Å²) in [5.74, 6) is 1.41. The highest BCUT2D eigenvalue weighted by molar-refractivity contribution is 5.91. The summed E-state index contributed by atoms with van der Waals surface area (Å²) in [6, 6.07) is 13.4. The Bertz CT molecular complexity index is 897. The van der Waals surface area contributed by atoms with Crippen molar-refractivity contribution in [3.05, 3.63) is 66.8 Å². The van der Waals surface area contributed by atoms with E-state index in [0.717, 1.165) is 23.1 Å². The summed E-state index contributed by atoms with van der Waals surface area (Å²) in [5, 5.41) is 1.05. The number of para-hydroxylation sites is 1. The molecule has 0 N–H and O–H groups in total. The van der Waals surface area contributed by atoms with Gasteiger partial charge in [-0.15, -0.1) is 0 Å². The second-order valence-corrected chi connectivity index (χ2v) is 5.99. The van der Waals surface area contributed by atoms with Crippen LogP contribution in [0.1, 0.15) is 12.2 Å². The van der Waals surface area contributed by atoms with Crippen LogP contribution in [0.3, 0.4) is 0 Å². The quantitative estimate of drug-likeness (QED) is 0.685. The van der Waals surface area contributed by atoms with Crippen LogP contribution in [-0.4, -0.2) is 35.0 Å². The third kappa shape index (κ3) is 3.40. The Labute approximate surface area is 145 Å². The highest BCUT2D eigenvalue weighted by Gasteiger charge is 2.27. The fraction of sp³-hybridized carbons (Fsp3) is 0.200. The van der Waals surface area contributed by atoms with E-state index in [-0.39, 0.29) is 12.0 Å². The summed E-state index contributed by atoms with van der Waals surface area (Å²) in [6.45, 7) is 1.26. The molecule has 0 spiro atoms. The number of aromatic nitrogens is 1. The Morgan fingerprint density at radius 1 is 1.24 bits per heavy atom. The lowest BCUT2D eigenvalue weighted by Gasteiger charge is -2.16. The summed E-state index contributed by atoms with van der Waals surface area (Å²) in [5.41, 5.74) is 0.854. The van der Waals surface area contributed by atoms with Gasteiger partial charge < -0.3 is 14.1 Å². The molecule has 1 fully saturated rings. The molecule has 5 heteroatoms. The maximum atomic E-state index is 12.3. The number of nitrogens with zero attached hydrogens (tertiary/aromatic N) is 2. The first kappa shape index (κ1) is 15.4. The number of ether oxygens (including phenoxy) is 1. The number of benzene rings is 1. The Balaban J connectivity index is 1.41. The van der Waals surface area contributed by atoms with E-state index in [1.807, 2.05) is 36.4 Å². The van der Waals surface area contributed by atoms with Crippen molar-refractivity contribution in [2.75, 3.05) is 13.1 Å². The van der Waals surface area contributed by atoms with E-state index < -0.39 is 0 Å². The van der Waals surface area contributed by atoms with Crippen molar-refractivity contribution in [3.8, 4) is 5.75 Å². The molecule has 3 aromatic rings. The van der Waals surface area contributed by atoms with Crippen molar-refractivity contribution in [2.45, 2.75) is 12.5 Å². The summed E-state index contributed by atoms with van der Waals surface area (Å²) in [6.07, 6.45) is 7.37. The van der Waals surface area contributed by atoms with Crippen LogP contribution in [0, 0.1) is 0 Å². The summed E-state index contributed by atoms with van der Waals surface area (Å²) < 4.78 is 11.3. The van der Waals surface area contributed by atoms with E-state index >= 15 is 0 Å². The Morgan fingerprint density at radius 3 is 3.04 bits per heavy atom. The largest absolute Gasteiger partial charge is 0.486 e. The predicted octanol–water partition coefficient (Wildman–Crippen LogP) is 3.52. The fourth-order valence-corrected chi connectivity index (χ4v) is 3.02. The molecule has 5 nitrogen and oxygen atoms in total. The molecule has 3 heterocycles. The average Bonchev–Trinajstić information content (AvgIpc) is 3.32. The molecular formula is C20H18N2O3. The molecule has 25 heavy (non-hydrogen) atoms. The molecular weight excluding hydrogens is 316 g/mol. The van der Waals surface area contributed by atoms with Gasteiger partial charge in [0.2, 0.25) is 5.91 Å². The van der Waals surface area contributed by atoms with Gasteiger partial charge in [-0.25, -0.2) is 0 Å². The second kappa shape index (κ2) is 6.81. The van der Waals surface area contributed by atoms with Gasteiger partial charge in [0, 0.05) is 30.6 Å². The number of carbonyl (C=O) groups excluding carboxylic acids is 1. The van der Waals surface area contributed by atoms with E-state index in [2.05, 4.69) is 4.98 Å². The van der Waals surface area contributed by atoms with E-state index in [1.165, 1.54) is 0 Å². The van der Waals surface area contributed by atoms with Gasteiger partial charge in [-0.1, -0.05) is 18.2 Å². The highest BCUT2D eigenvalue weighted by atomic mass is 16.5. The smallest absolute Gasteiger partial charge is 0.246 e. The van der Waals surface area contributed by atoms with Crippen LogP contribution in [0.5, 0.6) is 5.75 Å². The number of likely N-dealkylation sites (tertiary alicyclic amines) is 1. The zero-order valence-corrected chi connectivity index (χ0v) is 13.7. The minimum Gasteiger partial charge on any atom is -0.486 e. The standard InChI is InChI=1S/C20H18N2O3/c23-19(9-8-16-6-3-13-24-16)22-12-10-17(14-22)25-18-7-1-4-15-5-2-11-21-20(15)18/h1-9,11,13,17H,10,12,14H2/b9-8+. The van der Waals surface area contributed by atoms with E-state index in [1.54, 1.807) is 35.6 Å². The molecule has 0 bridgehead atoms. The lowest BCUT2D eigenvalue weighted by Crippen LogP contribution is -2.29. The van der Waals surface area contributed by atoms with Crippen molar-refractivity contribution in [1.82, 2.24) is 9.88 Å². The molecule has 0 radical (unpaired) electrons. The van der Waals surface area contributed by atoms with Gasteiger partial charge in [-0.3, -0.25) is 9.78 Å². The summed E-state index contributed by atoms with van der Waals surface area (Å²) in [7, 11) is 0. The molecule has 1 aliphatic heterocycles. The highest BCUT2D eigenvalue weighted by Crippen LogP contribution is 2.26. The molecule has 1 atom stereocenters. The van der Waals surface area contributed by atoms with Crippen LogP contribution in [0.2, 0.25) is 0 Å². The molecule has 0 saturated carbocycles. The number of pyridine rings is 1. The monoisotopic (exact) mass is 334 g/mol. The molecule has 126 valence electrons. The van der Waals surface area contributed by atoms with Gasteiger partial charge >= 0.3 is 0 Å². The van der Waals surface area contributed by atoms with Crippen LogP contribution < -0.4 is 4.74 Å². The number of furan rings is 1. The van der Waals surface area contributed by atoms with Crippen LogP contribution in [0.15, 0.2) is 65.4 Å². The minimum absolute atomic E-state index is 0.0198. The molecule has 4 rings (SSSR count). The fourth-order valence-electron chi connectivity index (χ4n) is 3.02. The van der Waals surface area contributed by atoms with E-state index in [4.69, 9.17) is 9.15 Å². The van der Waals surface area contributed by atoms with Crippen molar-refractivity contribution in [2.24, 2.45) is 0 Å². The van der Waals surface area contributed by atoms with Gasteiger partial charge in [0.15, 0.2) is 0 Å². The van der Waals surface area contributed by atoms with Gasteiger partial charge in [-0.2, -0.15) is 0 Å². The maximum Gasteiger partial charge on any atom is 0.246 e. The number of hydrogen-bond acceptors (Lipinski definition) is 4. The zero-order chi connectivity index (χ0) is 17.1. The van der Waals surface area contributed by atoms with Gasteiger partial charge in [0.1, 0.15) is 23.1 Å². The first-order valence-corrected chi connectivity index (χ1v) is 8.30. The van der Waals surface area contributed by atoms with Gasteiger partial charge in [0.25, 0.3) is 0 Å². The molecule has 1 saturated heterocycles. The third-order valence-electron chi connectivity index (χ3n) is 4.28. The van der Waals surface area contributed by atoms with Crippen LogP contribution in [-0.2, 0) is 4.79 Å². The Hall–Kier alpha value is -3.08. The molecule has 2 aromatic heterocycles. The van der Waals surface area contributed by atoms with Gasteiger partial charge in [0.05, 0.1) is 12.8 Å². The van der Waals surface area contributed by atoms with Gasteiger partial charge in [-0.05, 0) is 30.3 Å². The van der Waals surface area contributed by atoms with E-state index in [0.29, 0.717) is 18.8 Å². The maximum absolute atomic E-state index is 12.3. The summed E-state index contributed by atoms with van der Waals surface area (Å²) >= 11 is 0. The summed E-state index contributed by atoms with van der Waals surface area (Å²) in [4.78, 5) is 18.5. The molecule has 0 aliphatic carbocycles. The van der Waals surface area contributed by atoms with E-state index in [9.17, 15) is 4.79 Å². The number of amides is 1. The number of rotatable bonds is 4. The Morgan fingerprint density at radius 2 is 2.16 bits per heavy atom. The molecule has 1 aromatic carbocycles. The lowest BCUT2D eigenvalue weighted by atomic mass is 10.2. The lowest BCUT2D eigenvalue weighted by molar-refractivity contribution is -0.125. The predicted molar refractivity (Wildman–Crippen MR) is 95.1 cm³/mol. The topological polar surface area (TPSA) is 55.6 Å². The number of hydrogen-bond donors (Lipinski definition) is 0. The van der Waals surface area contributed by atoms with Crippen molar-refractivity contribution in [3.63, 3.8) is 0 Å². The van der Waals surface area contributed by atoms with Crippen LogP contribution in [0.4, 0.5) is 0 Å². The number of fused-ring (bicyclic) bond motifs is 1. The first-order valence-electron chi connectivity index (χ1n) is 8.30. The normalized spacial score (nSPS) is 17.4. The first-order chi connectivity index (χ1) is 12.3. The Kier molecular flexibility index (Phi) is 4.21. The van der Waals surface area contributed by atoms with Crippen molar-refractivity contribution < 1.29 is 13.9 Å². The zero-order valence-electron chi connectivity index (χ0n) is 13.7. The minimum atomic E-state index is -0.0291. The number of carbonyl (C=O) groups is 1.